The third-order valence-corrected chi connectivity index (χ3v) is 4.08. The van der Waals surface area contributed by atoms with E-state index in [1.807, 2.05) is 20.9 Å². The van der Waals surface area contributed by atoms with Crippen molar-refractivity contribution in [2.75, 3.05) is 23.8 Å². The number of carbonyl (C=O) groups is 1. The topological polar surface area (TPSA) is 84.1 Å². The third kappa shape index (κ3) is 3.43. The van der Waals surface area contributed by atoms with E-state index in [2.05, 4.69) is 20.2 Å². The first kappa shape index (κ1) is 15.5. The molecule has 0 saturated heterocycles. The van der Waals surface area contributed by atoms with Crippen LogP contribution in [-0.4, -0.2) is 35.5 Å². The number of nitrogens with one attached hydrogen (secondary N) is 1. The summed E-state index contributed by atoms with van der Waals surface area (Å²) < 4.78 is 0. The summed E-state index contributed by atoms with van der Waals surface area (Å²) in [7, 11) is 1.85. The number of nitrogens with zero attached hydrogens (tertiary/aromatic N) is 3. The Kier molecular flexibility index (Phi) is 4.98. The van der Waals surface area contributed by atoms with Crippen LogP contribution in [0.25, 0.3) is 0 Å². The second-order valence-electron chi connectivity index (χ2n) is 5.57. The number of nitrogens with two attached hydrogens (primary N) is 1. The fraction of sp³-hybridized carbons (Fsp3) is 0.667. The molecule has 1 aliphatic carbocycles. The number of aryl methyl sites for hydroxylation is 1. The van der Waals surface area contributed by atoms with Crippen molar-refractivity contribution >= 4 is 17.5 Å². The molecule has 1 amide bonds. The zero-order valence-corrected chi connectivity index (χ0v) is 13.1. The van der Waals surface area contributed by atoms with Crippen molar-refractivity contribution in [1.82, 2.24) is 9.97 Å². The molecule has 1 heterocycles. The summed E-state index contributed by atoms with van der Waals surface area (Å²) in [5.74, 6) is 2.14. The second kappa shape index (κ2) is 6.74. The van der Waals surface area contributed by atoms with Gasteiger partial charge in [-0.3, -0.25) is 4.79 Å². The van der Waals surface area contributed by atoms with E-state index >= 15 is 0 Å². The molecule has 1 fully saturated rings. The fourth-order valence-corrected chi connectivity index (χ4v) is 2.99. The molecule has 116 valence electrons. The van der Waals surface area contributed by atoms with Crippen LogP contribution >= 0.6 is 0 Å². The third-order valence-electron chi connectivity index (χ3n) is 4.08. The standard InChI is InChI=1S/C15H25N5O/c1-4-13-18-14(17-3)10(2)15(19-13)20(9-12(16)21)11-7-5-6-8-11/h11H,4-9H2,1-3H3,(H2,16,21)(H,17,18,19). The first-order valence-corrected chi connectivity index (χ1v) is 7.67. The molecule has 1 aromatic heterocycles. The van der Waals surface area contributed by atoms with Crippen LogP contribution in [0, 0.1) is 6.92 Å². The van der Waals surface area contributed by atoms with E-state index < -0.39 is 0 Å². The minimum atomic E-state index is -0.316. The van der Waals surface area contributed by atoms with Gasteiger partial charge in [0.05, 0.1) is 6.54 Å². The summed E-state index contributed by atoms with van der Waals surface area (Å²) in [6.45, 7) is 4.24. The van der Waals surface area contributed by atoms with Gasteiger partial charge in [0.2, 0.25) is 5.91 Å². The first-order valence-electron chi connectivity index (χ1n) is 7.67. The van der Waals surface area contributed by atoms with Crippen molar-refractivity contribution in [1.29, 1.82) is 0 Å². The smallest absolute Gasteiger partial charge is 0.237 e. The molecule has 0 radical (unpaired) electrons. The highest BCUT2D eigenvalue weighted by Crippen LogP contribution is 2.31. The maximum absolute atomic E-state index is 11.5. The maximum Gasteiger partial charge on any atom is 0.237 e. The van der Waals surface area contributed by atoms with Crippen LogP contribution in [0.5, 0.6) is 0 Å². The summed E-state index contributed by atoms with van der Waals surface area (Å²) in [4.78, 5) is 22.7. The first-order chi connectivity index (χ1) is 10.1. The van der Waals surface area contributed by atoms with Crippen LogP contribution in [-0.2, 0) is 11.2 Å². The van der Waals surface area contributed by atoms with Gasteiger partial charge in [0.25, 0.3) is 0 Å². The molecule has 1 saturated carbocycles. The lowest BCUT2D eigenvalue weighted by Crippen LogP contribution is -2.41. The Hall–Kier alpha value is -1.85. The van der Waals surface area contributed by atoms with Crippen LogP contribution in [0.1, 0.15) is 44.0 Å². The molecule has 21 heavy (non-hydrogen) atoms. The van der Waals surface area contributed by atoms with Crippen LogP contribution in [0.4, 0.5) is 11.6 Å². The molecule has 0 unspecified atom stereocenters. The van der Waals surface area contributed by atoms with Gasteiger partial charge in [0.15, 0.2) is 0 Å². The van der Waals surface area contributed by atoms with Gasteiger partial charge in [-0.15, -0.1) is 0 Å². The predicted octanol–water partition coefficient (Wildman–Crippen LogP) is 1.62. The molecule has 0 aliphatic heterocycles. The minimum absolute atomic E-state index is 0.217. The highest BCUT2D eigenvalue weighted by atomic mass is 16.1. The van der Waals surface area contributed by atoms with E-state index in [0.717, 1.165) is 42.3 Å². The Labute approximate surface area is 126 Å². The normalized spacial score (nSPS) is 15.2. The molecule has 0 atom stereocenters. The molecule has 6 nitrogen and oxygen atoms in total. The van der Waals surface area contributed by atoms with E-state index in [1.54, 1.807) is 0 Å². The van der Waals surface area contributed by atoms with Crippen LogP contribution < -0.4 is 16.0 Å². The van der Waals surface area contributed by atoms with Crippen molar-refractivity contribution in [3.8, 4) is 0 Å². The number of anilines is 2. The molecular weight excluding hydrogens is 266 g/mol. The number of hydrogen-bond acceptors (Lipinski definition) is 5. The van der Waals surface area contributed by atoms with E-state index in [-0.39, 0.29) is 12.5 Å². The Balaban J connectivity index is 2.44. The number of aromatic nitrogens is 2. The second-order valence-corrected chi connectivity index (χ2v) is 5.57. The number of amides is 1. The quantitative estimate of drug-likeness (QED) is 0.832. The summed E-state index contributed by atoms with van der Waals surface area (Å²) >= 11 is 0. The van der Waals surface area contributed by atoms with Crippen molar-refractivity contribution < 1.29 is 4.79 Å². The summed E-state index contributed by atoms with van der Waals surface area (Å²) in [5.41, 5.74) is 6.42. The lowest BCUT2D eigenvalue weighted by Gasteiger charge is -2.30. The summed E-state index contributed by atoms with van der Waals surface area (Å²) in [6, 6.07) is 0.348. The zero-order valence-electron chi connectivity index (χ0n) is 13.1. The summed E-state index contributed by atoms with van der Waals surface area (Å²) in [5, 5.41) is 3.12. The Bertz CT molecular complexity index is 511. The Morgan fingerprint density at radius 3 is 2.57 bits per heavy atom. The van der Waals surface area contributed by atoms with Crippen molar-refractivity contribution in [2.24, 2.45) is 5.73 Å². The van der Waals surface area contributed by atoms with Gasteiger partial charge in [0.1, 0.15) is 17.5 Å². The van der Waals surface area contributed by atoms with Gasteiger partial charge < -0.3 is 16.0 Å². The molecular formula is C15H25N5O. The van der Waals surface area contributed by atoms with Gasteiger partial charge in [-0.1, -0.05) is 19.8 Å². The zero-order chi connectivity index (χ0) is 15.4. The van der Waals surface area contributed by atoms with E-state index in [1.165, 1.54) is 12.8 Å². The molecule has 2 rings (SSSR count). The largest absolute Gasteiger partial charge is 0.373 e. The fourth-order valence-electron chi connectivity index (χ4n) is 2.99. The minimum Gasteiger partial charge on any atom is -0.373 e. The summed E-state index contributed by atoms with van der Waals surface area (Å²) in [6.07, 6.45) is 5.34. The molecule has 0 spiro atoms. The van der Waals surface area contributed by atoms with Gasteiger partial charge in [-0.05, 0) is 19.8 Å². The van der Waals surface area contributed by atoms with Crippen molar-refractivity contribution in [3.63, 3.8) is 0 Å². The SMILES string of the molecule is CCc1nc(NC)c(C)c(N(CC(N)=O)C2CCCC2)n1. The Morgan fingerprint density at radius 2 is 2.05 bits per heavy atom. The number of rotatable bonds is 6. The predicted molar refractivity (Wildman–Crippen MR) is 84.5 cm³/mol. The lowest BCUT2D eigenvalue weighted by molar-refractivity contribution is -0.116. The van der Waals surface area contributed by atoms with Gasteiger partial charge in [-0.25, -0.2) is 9.97 Å². The van der Waals surface area contributed by atoms with Crippen LogP contribution in [0.15, 0.2) is 0 Å². The highest BCUT2D eigenvalue weighted by Gasteiger charge is 2.27. The van der Waals surface area contributed by atoms with Crippen LogP contribution in [0.3, 0.4) is 0 Å². The van der Waals surface area contributed by atoms with Gasteiger partial charge >= 0.3 is 0 Å². The van der Waals surface area contributed by atoms with Crippen LogP contribution in [0.2, 0.25) is 0 Å². The number of primary amides is 1. The highest BCUT2D eigenvalue weighted by molar-refractivity contribution is 5.80. The van der Waals surface area contributed by atoms with Gasteiger partial charge in [-0.2, -0.15) is 0 Å². The molecule has 0 bridgehead atoms. The lowest BCUT2D eigenvalue weighted by atomic mass is 10.1. The average Bonchev–Trinajstić information content (AvgIpc) is 2.99. The number of carbonyl (C=O) groups excluding carboxylic acids is 1. The van der Waals surface area contributed by atoms with E-state index in [4.69, 9.17) is 5.73 Å². The monoisotopic (exact) mass is 291 g/mol. The van der Waals surface area contributed by atoms with Crippen molar-refractivity contribution in [2.45, 2.75) is 52.0 Å². The average molecular weight is 291 g/mol. The van der Waals surface area contributed by atoms with E-state index in [0.29, 0.717) is 6.04 Å². The van der Waals surface area contributed by atoms with Gasteiger partial charge in [0, 0.05) is 25.1 Å². The van der Waals surface area contributed by atoms with Crippen molar-refractivity contribution in [3.05, 3.63) is 11.4 Å². The van der Waals surface area contributed by atoms with E-state index in [9.17, 15) is 4.79 Å². The molecule has 1 aliphatic rings. The molecule has 6 heteroatoms. The molecule has 0 aromatic carbocycles. The maximum atomic E-state index is 11.5. The molecule has 3 N–H and O–H groups in total. The molecule has 1 aromatic rings. The Morgan fingerprint density at radius 1 is 1.38 bits per heavy atom. The number of hydrogen-bond donors (Lipinski definition) is 2.